The number of non-ortho nitro benzene ring substituents is 2. The van der Waals surface area contributed by atoms with E-state index in [0.29, 0.717) is 0 Å². The van der Waals surface area contributed by atoms with Gasteiger partial charge in [-0.15, -0.1) is 10.2 Å². The van der Waals surface area contributed by atoms with Crippen molar-refractivity contribution in [3.05, 3.63) is 62.7 Å². The summed E-state index contributed by atoms with van der Waals surface area (Å²) in [5.74, 6) is -1.57. The molecule has 13 nitrogen and oxygen atoms in total. The summed E-state index contributed by atoms with van der Waals surface area (Å²) in [7, 11) is 0. The van der Waals surface area contributed by atoms with E-state index in [9.17, 15) is 34.9 Å². The van der Waals surface area contributed by atoms with Gasteiger partial charge < -0.3 is 9.52 Å². The number of rotatable bonds is 6. The van der Waals surface area contributed by atoms with Crippen LogP contribution in [0.15, 0.2) is 52.1 Å². The molecule has 0 aliphatic carbocycles. The van der Waals surface area contributed by atoms with Gasteiger partial charge in [0.2, 0.25) is 11.8 Å². The fraction of sp³-hybridized carbons (Fsp3) is 0.111. The quantitative estimate of drug-likeness (QED) is 0.326. The summed E-state index contributed by atoms with van der Waals surface area (Å²) in [6.45, 7) is 0. The molecule has 14 heteroatoms. The third-order valence-electron chi connectivity index (χ3n) is 4.49. The molecule has 1 saturated heterocycles. The monoisotopic (exact) mass is 457 g/mol. The highest BCUT2D eigenvalue weighted by molar-refractivity contribution is 8.00. The van der Waals surface area contributed by atoms with Crippen molar-refractivity contribution in [1.82, 2.24) is 10.2 Å². The second-order valence-electron chi connectivity index (χ2n) is 6.48. The van der Waals surface area contributed by atoms with Gasteiger partial charge >= 0.3 is 0 Å². The number of phenolic OH excluding ortho intramolecular Hbond substituents is 1. The number of anilines is 1. The molecule has 4 rings (SSSR count). The van der Waals surface area contributed by atoms with Crippen molar-refractivity contribution >= 4 is 40.6 Å². The number of hydrogen-bond donors (Lipinski definition) is 1. The van der Waals surface area contributed by atoms with Crippen molar-refractivity contribution in [3.63, 3.8) is 0 Å². The van der Waals surface area contributed by atoms with Crippen LogP contribution >= 0.6 is 11.8 Å². The number of nitro benzene ring substituents is 2. The number of nitrogens with zero attached hydrogens (tertiary/aromatic N) is 5. The van der Waals surface area contributed by atoms with E-state index in [2.05, 4.69) is 10.2 Å². The van der Waals surface area contributed by atoms with E-state index < -0.39 is 26.9 Å². The molecule has 0 saturated carbocycles. The molecule has 2 aromatic carbocycles. The molecule has 1 atom stereocenters. The highest BCUT2D eigenvalue weighted by Gasteiger charge is 2.41. The number of amides is 2. The molecule has 0 bridgehead atoms. The minimum absolute atomic E-state index is 0.0557. The van der Waals surface area contributed by atoms with Crippen LogP contribution in [0.1, 0.15) is 6.42 Å². The van der Waals surface area contributed by atoms with Crippen molar-refractivity contribution < 1.29 is 29.0 Å². The summed E-state index contributed by atoms with van der Waals surface area (Å²) in [5, 5.41) is 38.2. The summed E-state index contributed by atoms with van der Waals surface area (Å²) < 4.78 is 5.41. The topological polar surface area (TPSA) is 183 Å². The second-order valence-corrected chi connectivity index (χ2v) is 7.64. The Balaban J connectivity index is 1.52. The van der Waals surface area contributed by atoms with Gasteiger partial charge in [0.1, 0.15) is 11.0 Å². The molecule has 2 heterocycles. The lowest BCUT2D eigenvalue weighted by molar-refractivity contribution is -0.385. The summed E-state index contributed by atoms with van der Waals surface area (Å²) in [6, 6.07) is 8.27. The molecule has 1 aliphatic rings. The van der Waals surface area contributed by atoms with Crippen LogP contribution < -0.4 is 4.90 Å². The largest absolute Gasteiger partial charge is 0.507 e. The number of nitro groups is 2. The SMILES string of the molecule is O=C1CC(Sc2nnc(-c3cc([N+](=O)[O-])ccc3O)o2)C(=O)N1c1ccc([N+](=O)[O-])cc1. The standard InChI is InChI=1S/C18H11N5O8S/c24-13-6-5-11(23(29)30)7-12(13)16-19-20-18(31-16)32-14-8-15(25)21(17(14)26)9-1-3-10(4-2-9)22(27)28/h1-7,14,24H,8H2. The molecule has 1 fully saturated rings. The van der Waals surface area contributed by atoms with E-state index in [4.69, 9.17) is 4.42 Å². The van der Waals surface area contributed by atoms with Gasteiger partial charge in [0.05, 0.1) is 21.1 Å². The molecular formula is C18H11N5O8S. The molecule has 162 valence electrons. The maximum atomic E-state index is 12.7. The molecule has 2 amide bonds. The molecule has 32 heavy (non-hydrogen) atoms. The van der Waals surface area contributed by atoms with Crippen molar-refractivity contribution in [2.75, 3.05) is 4.90 Å². The molecule has 1 aromatic heterocycles. The highest BCUT2D eigenvalue weighted by atomic mass is 32.2. The second kappa shape index (κ2) is 8.07. The van der Waals surface area contributed by atoms with Gasteiger partial charge in [0.15, 0.2) is 0 Å². The summed E-state index contributed by atoms with van der Waals surface area (Å²) >= 11 is 0.825. The minimum atomic E-state index is -0.885. The first-order valence-corrected chi connectivity index (χ1v) is 9.72. The van der Waals surface area contributed by atoms with Gasteiger partial charge in [-0.2, -0.15) is 0 Å². The molecule has 3 aromatic rings. The molecular weight excluding hydrogens is 446 g/mol. The number of carbonyl (C=O) groups is 2. The van der Waals surface area contributed by atoms with Crippen LogP contribution in [0, 0.1) is 20.2 Å². The lowest BCUT2D eigenvalue weighted by Crippen LogP contribution is -2.31. The maximum Gasteiger partial charge on any atom is 0.277 e. The zero-order chi connectivity index (χ0) is 23.0. The number of thioether (sulfide) groups is 1. The molecule has 1 aliphatic heterocycles. The van der Waals surface area contributed by atoms with E-state index in [1.807, 2.05) is 0 Å². The Hall–Kier alpha value is -4.33. The fourth-order valence-electron chi connectivity index (χ4n) is 2.99. The fourth-order valence-corrected chi connectivity index (χ4v) is 3.88. The average molecular weight is 457 g/mol. The van der Waals surface area contributed by atoms with Crippen LogP contribution in [0.5, 0.6) is 5.75 Å². The van der Waals surface area contributed by atoms with Crippen LogP contribution in [0.2, 0.25) is 0 Å². The van der Waals surface area contributed by atoms with Crippen LogP contribution in [0.25, 0.3) is 11.5 Å². The van der Waals surface area contributed by atoms with Gasteiger partial charge in [0, 0.05) is 30.7 Å². The Labute approximate surface area is 182 Å². The van der Waals surface area contributed by atoms with Gasteiger partial charge in [-0.25, -0.2) is 4.90 Å². The molecule has 1 unspecified atom stereocenters. The maximum absolute atomic E-state index is 12.7. The first-order valence-electron chi connectivity index (χ1n) is 8.84. The normalized spacial score (nSPS) is 15.9. The summed E-state index contributed by atoms with van der Waals surface area (Å²) in [5.41, 5.74) is -0.330. The van der Waals surface area contributed by atoms with Crippen molar-refractivity contribution in [2.24, 2.45) is 0 Å². The first-order chi connectivity index (χ1) is 15.2. The highest BCUT2D eigenvalue weighted by Crippen LogP contribution is 2.37. The van der Waals surface area contributed by atoms with Crippen LogP contribution in [0.3, 0.4) is 0 Å². The number of phenols is 1. The minimum Gasteiger partial charge on any atom is -0.507 e. The number of imide groups is 1. The van der Waals surface area contributed by atoms with Gasteiger partial charge in [-0.3, -0.25) is 29.8 Å². The van der Waals surface area contributed by atoms with E-state index in [0.717, 1.165) is 34.9 Å². The summed E-state index contributed by atoms with van der Waals surface area (Å²) in [6.07, 6.45) is -0.166. The van der Waals surface area contributed by atoms with Gasteiger partial charge in [-0.05, 0) is 18.2 Å². The van der Waals surface area contributed by atoms with E-state index in [1.54, 1.807) is 0 Å². The lowest BCUT2D eigenvalue weighted by Gasteiger charge is -2.14. The number of carbonyl (C=O) groups excluding carboxylic acids is 2. The van der Waals surface area contributed by atoms with Crippen molar-refractivity contribution in [1.29, 1.82) is 0 Å². The molecule has 1 N–H and O–H groups in total. The van der Waals surface area contributed by atoms with Crippen LogP contribution in [0.4, 0.5) is 17.1 Å². The Morgan fingerprint density at radius 2 is 1.69 bits per heavy atom. The smallest absolute Gasteiger partial charge is 0.277 e. The van der Waals surface area contributed by atoms with Gasteiger partial charge in [0.25, 0.3) is 22.5 Å². The number of aromatic nitrogens is 2. The lowest BCUT2D eigenvalue weighted by atomic mass is 10.2. The van der Waals surface area contributed by atoms with Crippen LogP contribution in [-0.4, -0.2) is 42.2 Å². The Bertz CT molecular complexity index is 1260. The Morgan fingerprint density at radius 3 is 2.34 bits per heavy atom. The Morgan fingerprint density at radius 1 is 1.03 bits per heavy atom. The van der Waals surface area contributed by atoms with Crippen molar-refractivity contribution in [2.45, 2.75) is 16.9 Å². The summed E-state index contributed by atoms with van der Waals surface area (Å²) in [4.78, 5) is 46.5. The number of aromatic hydroxyl groups is 1. The Kier molecular flexibility index (Phi) is 5.28. The van der Waals surface area contributed by atoms with E-state index in [1.165, 1.54) is 24.3 Å². The van der Waals surface area contributed by atoms with Crippen LogP contribution in [-0.2, 0) is 9.59 Å². The average Bonchev–Trinajstić information content (AvgIpc) is 3.32. The first kappa shape index (κ1) is 20.9. The van der Waals surface area contributed by atoms with E-state index >= 15 is 0 Å². The third-order valence-corrected chi connectivity index (χ3v) is 5.51. The molecule has 0 radical (unpaired) electrons. The number of benzene rings is 2. The molecule has 0 spiro atoms. The predicted molar refractivity (Wildman–Crippen MR) is 108 cm³/mol. The third kappa shape index (κ3) is 3.85. The van der Waals surface area contributed by atoms with E-state index in [-0.39, 0.29) is 45.9 Å². The zero-order valence-electron chi connectivity index (χ0n) is 15.8. The zero-order valence-corrected chi connectivity index (χ0v) is 16.6. The predicted octanol–water partition coefficient (Wildman–Crippen LogP) is 2.68. The van der Waals surface area contributed by atoms with Gasteiger partial charge in [-0.1, -0.05) is 11.8 Å². The van der Waals surface area contributed by atoms with Crippen molar-refractivity contribution in [3.8, 4) is 17.2 Å². The number of hydrogen-bond acceptors (Lipinski definition) is 11.